The van der Waals surface area contributed by atoms with Crippen molar-refractivity contribution in [2.75, 3.05) is 0 Å². The third-order valence-electron chi connectivity index (χ3n) is 3.23. The Morgan fingerprint density at radius 1 is 0.920 bits per heavy atom. The number of alkyl halides is 3. The van der Waals surface area contributed by atoms with E-state index in [1.807, 2.05) is 0 Å². The van der Waals surface area contributed by atoms with Crippen molar-refractivity contribution in [1.29, 1.82) is 0 Å². The molecule has 0 aliphatic carbocycles. The summed E-state index contributed by atoms with van der Waals surface area (Å²) in [6.45, 7) is 0. The van der Waals surface area contributed by atoms with Crippen LogP contribution in [0.4, 0.5) is 13.2 Å². The molecule has 2 aromatic carbocycles. The van der Waals surface area contributed by atoms with Crippen LogP contribution >= 0.6 is 0 Å². The Kier molecular flexibility index (Phi) is 4.25. The van der Waals surface area contributed by atoms with Gasteiger partial charge < -0.3 is 4.18 Å². The fourth-order valence-corrected chi connectivity index (χ4v) is 2.53. The van der Waals surface area contributed by atoms with Gasteiger partial charge in [-0.1, -0.05) is 48.5 Å². The molecule has 0 bridgehead atoms. The maximum Gasteiger partial charge on any atom is 0.534 e. The van der Waals surface area contributed by atoms with Crippen LogP contribution in [-0.4, -0.2) is 23.7 Å². The SMILES string of the molecule is O=S(=O)(Oc1cc(-c2ccccc2)nn1-c1ccccc1)C(F)(F)F. The maximum absolute atomic E-state index is 12.6. The van der Waals surface area contributed by atoms with E-state index in [2.05, 4.69) is 9.28 Å². The number of benzene rings is 2. The normalized spacial score (nSPS) is 12.1. The monoisotopic (exact) mass is 368 g/mol. The molecule has 3 aromatic rings. The smallest absolute Gasteiger partial charge is 0.355 e. The topological polar surface area (TPSA) is 61.2 Å². The van der Waals surface area contributed by atoms with Crippen LogP contribution in [0, 0.1) is 0 Å². The molecule has 0 radical (unpaired) electrons. The number of halogens is 3. The summed E-state index contributed by atoms with van der Waals surface area (Å²) in [6.07, 6.45) is 0. The van der Waals surface area contributed by atoms with E-state index in [-0.39, 0.29) is 5.69 Å². The van der Waals surface area contributed by atoms with Crippen LogP contribution in [0.1, 0.15) is 0 Å². The molecule has 5 nitrogen and oxygen atoms in total. The first kappa shape index (κ1) is 17.0. The number of aromatic nitrogens is 2. The molecule has 0 aliphatic rings. The van der Waals surface area contributed by atoms with Gasteiger partial charge in [0, 0.05) is 11.6 Å². The lowest BCUT2D eigenvalue weighted by Crippen LogP contribution is -2.28. The summed E-state index contributed by atoms with van der Waals surface area (Å²) >= 11 is 0. The number of hydrogen-bond donors (Lipinski definition) is 0. The molecule has 0 fully saturated rings. The fraction of sp³-hybridized carbons (Fsp3) is 0.0625. The summed E-state index contributed by atoms with van der Waals surface area (Å²) in [5.74, 6) is -0.553. The number of nitrogens with zero attached hydrogens (tertiary/aromatic N) is 2. The van der Waals surface area contributed by atoms with Crippen LogP contribution in [0.5, 0.6) is 5.88 Å². The van der Waals surface area contributed by atoms with Crippen molar-refractivity contribution in [1.82, 2.24) is 9.78 Å². The molecule has 25 heavy (non-hydrogen) atoms. The highest BCUT2D eigenvalue weighted by molar-refractivity contribution is 7.87. The molecule has 3 rings (SSSR count). The summed E-state index contributed by atoms with van der Waals surface area (Å²) in [7, 11) is -5.81. The van der Waals surface area contributed by atoms with Crippen molar-refractivity contribution >= 4 is 10.1 Å². The lowest BCUT2D eigenvalue weighted by Gasteiger charge is -2.10. The van der Waals surface area contributed by atoms with Gasteiger partial charge in [-0.25, -0.2) is 0 Å². The molecule has 1 aromatic heterocycles. The summed E-state index contributed by atoms with van der Waals surface area (Å²) < 4.78 is 66.0. The second kappa shape index (κ2) is 6.25. The van der Waals surface area contributed by atoms with Gasteiger partial charge in [0.2, 0.25) is 5.88 Å². The average molecular weight is 368 g/mol. The van der Waals surface area contributed by atoms with Crippen LogP contribution in [0.3, 0.4) is 0 Å². The van der Waals surface area contributed by atoms with Gasteiger partial charge >= 0.3 is 15.6 Å². The molecule has 0 aliphatic heterocycles. The maximum atomic E-state index is 12.6. The summed E-state index contributed by atoms with van der Waals surface area (Å²) in [6, 6.07) is 17.9. The van der Waals surface area contributed by atoms with E-state index in [1.165, 1.54) is 0 Å². The summed E-state index contributed by atoms with van der Waals surface area (Å²) in [4.78, 5) is 0. The van der Waals surface area contributed by atoms with Gasteiger partial charge in [0.25, 0.3) is 0 Å². The van der Waals surface area contributed by atoms with Crippen molar-refractivity contribution in [2.45, 2.75) is 5.51 Å². The van der Waals surface area contributed by atoms with Gasteiger partial charge in [0.05, 0.1) is 11.4 Å². The quantitative estimate of drug-likeness (QED) is 0.520. The van der Waals surface area contributed by atoms with E-state index >= 15 is 0 Å². The molecule has 9 heteroatoms. The largest absolute Gasteiger partial charge is 0.534 e. The van der Waals surface area contributed by atoms with Gasteiger partial charge in [0.1, 0.15) is 0 Å². The van der Waals surface area contributed by atoms with Crippen LogP contribution in [0.25, 0.3) is 16.9 Å². The Labute approximate surface area is 141 Å². The van der Waals surface area contributed by atoms with Crippen LogP contribution < -0.4 is 4.18 Å². The highest BCUT2D eigenvalue weighted by Gasteiger charge is 2.49. The van der Waals surface area contributed by atoms with Crippen molar-refractivity contribution in [3.8, 4) is 22.8 Å². The second-order valence-corrected chi connectivity index (χ2v) is 6.50. The minimum Gasteiger partial charge on any atom is -0.355 e. The van der Waals surface area contributed by atoms with E-state index in [9.17, 15) is 21.6 Å². The molecular weight excluding hydrogens is 357 g/mol. The molecule has 0 unspecified atom stereocenters. The first-order valence-corrected chi connectivity index (χ1v) is 8.40. The van der Waals surface area contributed by atoms with Gasteiger partial charge in [-0.3, -0.25) is 0 Å². The van der Waals surface area contributed by atoms with Gasteiger partial charge in [0.15, 0.2) is 0 Å². The van der Waals surface area contributed by atoms with Crippen molar-refractivity contribution in [3.63, 3.8) is 0 Å². The summed E-state index contributed by atoms with van der Waals surface area (Å²) in [5.41, 5.74) is -4.30. The first-order valence-electron chi connectivity index (χ1n) is 6.99. The summed E-state index contributed by atoms with van der Waals surface area (Å²) in [5, 5.41) is 4.18. The molecule has 0 spiro atoms. The second-order valence-electron chi connectivity index (χ2n) is 4.96. The Bertz CT molecular complexity index is 969. The Hall–Kier alpha value is -2.81. The minimum atomic E-state index is -5.81. The molecule has 0 saturated carbocycles. The van der Waals surface area contributed by atoms with E-state index in [4.69, 9.17) is 0 Å². The standard InChI is InChI=1S/C16H11F3N2O3S/c17-16(18,19)25(22,23)24-15-11-14(12-7-3-1-4-8-12)20-21(15)13-9-5-2-6-10-13/h1-11H. The molecular formula is C16H11F3N2O3S. The van der Waals surface area contributed by atoms with Crippen molar-refractivity contribution in [2.24, 2.45) is 0 Å². The van der Waals surface area contributed by atoms with E-state index < -0.39 is 21.5 Å². The highest BCUT2D eigenvalue weighted by Crippen LogP contribution is 2.31. The van der Waals surface area contributed by atoms with Gasteiger partial charge in [-0.2, -0.15) is 31.4 Å². The van der Waals surface area contributed by atoms with Gasteiger partial charge in [-0.05, 0) is 12.1 Å². The van der Waals surface area contributed by atoms with Crippen molar-refractivity contribution < 1.29 is 25.8 Å². The van der Waals surface area contributed by atoms with E-state index in [0.29, 0.717) is 11.3 Å². The third kappa shape index (κ3) is 3.50. The van der Waals surface area contributed by atoms with Gasteiger partial charge in [-0.15, -0.1) is 0 Å². The molecule has 0 N–H and O–H groups in total. The Morgan fingerprint density at radius 2 is 1.48 bits per heavy atom. The zero-order valence-electron chi connectivity index (χ0n) is 12.5. The van der Waals surface area contributed by atoms with Crippen LogP contribution in [0.2, 0.25) is 0 Å². The van der Waals surface area contributed by atoms with Crippen molar-refractivity contribution in [3.05, 3.63) is 66.7 Å². The Morgan fingerprint density at radius 3 is 2.04 bits per heavy atom. The molecule has 0 atom stereocenters. The van der Waals surface area contributed by atoms with Crippen LogP contribution in [0.15, 0.2) is 66.7 Å². The zero-order chi connectivity index (χ0) is 18.1. The highest BCUT2D eigenvalue weighted by atomic mass is 32.2. The van der Waals surface area contributed by atoms with Crippen LogP contribution in [-0.2, 0) is 10.1 Å². The first-order chi connectivity index (χ1) is 11.8. The predicted molar refractivity (Wildman–Crippen MR) is 84.6 cm³/mol. The molecule has 130 valence electrons. The predicted octanol–water partition coefficient (Wildman–Crippen LogP) is 3.77. The Balaban J connectivity index is 2.12. The van der Waals surface area contributed by atoms with E-state index in [0.717, 1.165) is 10.7 Å². The minimum absolute atomic E-state index is 0.275. The van der Waals surface area contributed by atoms with E-state index in [1.54, 1.807) is 60.7 Å². The number of rotatable bonds is 4. The zero-order valence-corrected chi connectivity index (χ0v) is 13.3. The molecule has 1 heterocycles. The third-order valence-corrected chi connectivity index (χ3v) is 4.18. The lowest BCUT2D eigenvalue weighted by atomic mass is 10.2. The lowest BCUT2D eigenvalue weighted by molar-refractivity contribution is -0.0502. The number of hydrogen-bond acceptors (Lipinski definition) is 4. The fourth-order valence-electron chi connectivity index (χ4n) is 2.09. The average Bonchev–Trinajstić information content (AvgIpc) is 2.98. The number of para-hydroxylation sites is 1. The molecule has 0 amide bonds. The molecule has 0 saturated heterocycles.